The van der Waals surface area contributed by atoms with Crippen LogP contribution in [0.4, 0.5) is 0 Å². The number of hydrogen-bond acceptors (Lipinski definition) is 5. The highest BCUT2D eigenvalue weighted by Gasteiger charge is 2.49. The van der Waals surface area contributed by atoms with Crippen LogP contribution in [0.15, 0.2) is 53.1 Å². The Balaban J connectivity index is 1.20. The van der Waals surface area contributed by atoms with E-state index >= 15 is 0 Å². The first-order chi connectivity index (χ1) is 18.4. The zero-order valence-corrected chi connectivity index (χ0v) is 22.0. The van der Waals surface area contributed by atoms with Crippen molar-refractivity contribution in [3.63, 3.8) is 0 Å². The molecule has 1 spiro atoms. The molecule has 0 unspecified atom stereocenters. The molecule has 2 aromatic heterocycles. The van der Waals surface area contributed by atoms with Crippen LogP contribution in [0, 0.1) is 0 Å². The SMILES string of the molecule is O=C(O)c1ccc2c(c1)C1(CC1)c1ccc(OCc3c(-c4c(Cl)cccc4Cl)noc3C3CC3)nc1CC2. The van der Waals surface area contributed by atoms with E-state index in [1.54, 1.807) is 24.3 Å². The van der Waals surface area contributed by atoms with E-state index in [1.165, 1.54) is 11.1 Å². The van der Waals surface area contributed by atoms with Gasteiger partial charge in [-0.15, -0.1) is 0 Å². The second-order valence-electron chi connectivity index (χ2n) is 10.4. The van der Waals surface area contributed by atoms with Crippen molar-refractivity contribution in [2.45, 2.75) is 56.5 Å². The van der Waals surface area contributed by atoms with Crippen LogP contribution >= 0.6 is 23.2 Å². The van der Waals surface area contributed by atoms with Crippen LogP contribution in [0.2, 0.25) is 10.0 Å². The molecule has 2 saturated carbocycles. The number of benzene rings is 2. The van der Waals surface area contributed by atoms with E-state index in [2.05, 4.69) is 11.2 Å². The van der Waals surface area contributed by atoms with Crippen molar-refractivity contribution in [3.05, 3.63) is 97.8 Å². The predicted octanol–water partition coefficient (Wildman–Crippen LogP) is 7.38. The highest BCUT2D eigenvalue weighted by atomic mass is 35.5. The second-order valence-corrected chi connectivity index (χ2v) is 11.3. The molecule has 4 aromatic rings. The second kappa shape index (κ2) is 8.85. The van der Waals surface area contributed by atoms with Gasteiger partial charge in [-0.2, -0.15) is 0 Å². The number of halogens is 2. The summed E-state index contributed by atoms with van der Waals surface area (Å²) >= 11 is 13.0. The summed E-state index contributed by atoms with van der Waals surface area (Å²) in [5.74, 6) is 0.801. The fraction of sp³-hybridized carbons (Fsp3) is 0.300. The van der Waals surface area contributed by atoms with Gasteiger partial charge in [-0.1, -0.05) is 46.6 Å². The molecule has 0 amide bonds. The minimum absolute atomic E-state index is 0.153. The van der Waals surface area contributed by atoms with E-state index in [0.29, 0.717) is 38.7 Å². The number of aryl methyl sites for hydroxylation is 2. The van der Waals surface area contributed by atoms with Crippen molar-refractivity contribution >= 4 is 29.2 Å². The lowest BCUT2D eigenvalue weighted by Crippen LogP contribution is -2.13. The number of aromatic carboxylic acids is 1. The summed E-state index contributed by atoms with van der Waals surface area (Å²) in [7, 11) is 0. The highest BCUT2D eigenvalue weighted by Crippen LogP contribution is 2.57. The third kappa shape index (κ3) is 3.89. The van der Waals surface area contributed by atoms with Gasteiger partial charge in [0, 0.05) is 28.7 Å². The third-order valence-corrected chi connectivity index (χ3v) is 8.68. The summed E-state index contributed by atoms with van der Waals surface area (Å²) in [5.41, 5.74) is 6.81. The van der Waals surface area contributed by atoms with Gasteiger partial charge in [-0.25, -0.2) is 9.78 Å². The quantitative estimate of drug-likeness (QED) is 0.271. The topological polar surface area (TPSA) is 85.5 Å². The summed E-state index contributed by atoms with van der Waals surface area (Å²) in [6.07, 6.45) is 5.68. The lowest BCUT2D eigenvalue weighted by atomic mass is 9.85. The monoisotopic (exact) mass is 546 g/mol. The van der Waals surface area contributed by atoms with Crippen LogP contribution in [-0.4, -0.2) is 21.2 Å². The largest absolute Gasteiger partial charge is 0.478 e. The number of carboxylic acids is 1. The van der Waals surface area contributed by atoms with Gasteiger partial charge in [-0.3, -0.25) is 0 Å². The average Bonchev–Trinajstić information content (AvgIpc) is 3.84. The Kier molecular flexibility index (Phi) is 5.53. The van der Waals surface area contributed by atoms with Gasteiger partial charge in [-0.05, 0) is 79.5 Å². The third-order valence-electron chi connectivity index (χ3n) is 8.05. The molecule has 0 radical (unpaired) electrons. The minimum atomic E-state index is -0.897. The van der Waals surface area contributed by atoms with Crippen molar-refractivity contribution in [2.75, 3.05) is 0 Å². The molecule has 8 heteroatoms. The number of carboxylic acid groups (broad SMARTS) is 1. The first-order valence-corrected chi connectivity index (χ1v) is 13.6. The molecule has 3 aliphatic rings. The van der Waals surface area contributed by atoms with E-state index in [1.807, 2.05) is 18.2 Å². The van der Waals surface area contributed by atoms with E-state index in [4.69, 9.17) is 37.4 Å². The number of rotatable bonds is 6. The number of nitrogens with zero attached hydrogens (tertiary/aromatic N) is 2. The Morgan fingerprint density at radius 2 is 1.84 bits per heavy atom. The predicted molar refractivity (Wildman–Crippen MR) is 143 cm³/mol. The van der Waals surface area contributed by atoms with Gasteiger partial charge in [0.2, 0.25) is 5.88 Å². The maximum absolute atomic E-state index is 11.6. The minimum Gasteiger partial charge on any atom is -0.478 e. The van der Waals surface area contributed by atoms with Crippen molar-refractivity contribution in [2.24, 2.45) is 0 Å². The van der Waals surface area contributed by atoms with Crippen LogP contribution in [0.3, 0.4) is 0 Å². The molecule has 2 fully saturated rings. The zero-order chi connectivity index (χ0) is 26.0. The van der Waals surface area contributed by atoms with E-state index < -0.39 is 5.97 Å². The number of fused-ring (bicyclic) bond motifs is 4. The van der Waals surface area contributed by atoms with E-state index in [-0.39, 0.29) is 12.0 Å². The number of pyridine rings is 1. The molecule has 38 heavy (non-hydrogen) atoms. The molecule has 0 bridgehead atoms. The lowest BCUT2D eigenvalue weighted by molar-refractivity contribution is 0.0696. The molecule has 7 rings (SSSR count). The number of ether oxygens (including phenoxy) is 1. The van der Waals surface area contributed by atoms with Crippen LogP contribution < -0.4 is 4.74 Å². The summed E-state index contributed by atoms with van der Waals surface area (Å²) < 4.78 is 12.0. The Morgan fingerprint density at radius 3 is 2.55 bits per heavy atom. The Labute approximate surface area is 229 Å². The van der Waals surface area contributed by atoms with Crippen LogP contribution in [0.5, 0.6) is 5.88 Å². The van der Waals surface area contributed by atoms with Gasteiger partial charge < -0.3 is 14.4 Å². The average molecular weight is 547 g/mol. The molecule has 192 valence electrons. The first-order valence-electron chi connectivity index (χ1n) is 12.9. The smallest absolute Gasteiger partial charge is 0.335 e. The molecule has 0 aliphatic heterocycles. The normalized spacial score (nSPS) is 17.0. The van der Waals surface area contributed by atoms with Crippen molar-refractivity contribution in [3.8, 4) is 17.1 Å². The number of carbonyl (C=O) groups is 1. The molecule has 0 saturated heterocycles. The van der Waals surface area contributed by atoms with Gasteiger partial charge in [0.05, 0.1) is 21.2 Å². The van der Waals surface area contributed by atoms with Crippen molar-refractivity contribution < 1.29 is 19.2 Å². The van der Waals surface area contributed by atoms with Gasteiger partial charge >= 0.3 is 5.97 Å². The summed E-state index contributed by atoms with van der Waals surface area (Å²) in [6, 6.07) is 14.9. The van der Waals surface area contributed by atoms with Crippen LogP contribution in [0.1, 0.15) is 75.7 Å². The molecular weight excluding hydrogens is 523 g/mol. The van der Waals surface area contributed by atoms with E-state index in [9.17, 15) is 9.90 Å². The first kappa shape index (κ1) is 23.7. The number of aromatic nitrogens is 2. The Hall–Kier alpha value is -3.35. The number of hydrogen-bond donors (Lipinski definition) is 1. The van der Waals surface area contributed by atoms with Gasteiger partial charge in [0.25, 0.3) is 0 Å². The fourth-order valence-corrected chi connectivity index (χ4v) is 6.39. The molecule has 0 atom stereocenters. The molecule has 2 heterocycles. The standard InChI is InChI=1S/C30H24Cl2N2O4/c31-22-2-1-3-23(32)26(22)27-19(28(38-34-27)17-5-6-17)15-37-25-11-9-20-24(33-25)10-8-16-4-7-18(29(35)36)14-21(16)30(20)12-13-30/h1-4,7,9,11,14,17H,5-6,8,10,12-13,15H2,(H,35,36). The van der Waals surface area contributed by atoms with Crippen molar-refractivity contribution in [1.29, 1.82) is 0 Å². The Bertz CT molecular complexity index is 1580. The summed E-state index contributed by atoms with van der Waals surface area (Å²) in [5, 5.41) is 14.9. The van der Waals surface area contributed by atoms with Crippen LogP contribution in [0.25, 0.3) is 11.3 Å². The summed E-state index contributed by atoms with van der Waals surface area (Å²) in [6.45, 7) is 0.241. The van der Waals surface area contributed by atoms with Gasteiger partial charge in [0.15, 0.2) is 0 Å². The highest BCUT2D eigenvalue weighted by molar-refractivity contribution is 6.39. The van der Waals surface area contributed by atoms with E-state index in [0.717, 1.165) is 61.1 Å². The van der Waals surface area contributed by atoms with Crippen LogP contribution in [-0.2, 0) is 24.9 Å². The molecule has 3 aliphatic carbocycles. The fourth-order valence-electron chi connectivity index (χ4n) is 5.82. The van der Waals surface area contributed by atoms with Gasteiger partial charge in [0.1, 0.15) is 18.1 Å². The molecular formula is C30H24Cl2N2O4. The maximum Gasteiger partial charge on any atom is 0.335 e. The molecule has 6 nitrogen and oxygen atoms in total. The lowest BCUT2D eigenvalue weighted by Gasteiger charge is -2.20. The Morgan fingerprint density at radius 1 is 1.05 bits per heavy atom. The van der Waals surface area contributed by atoms with Crippen molar-refractivity contribution in [1.82, 2.24) is 10.1 Å². The maximum atomic E-state index is 11.6. The summed E-state index contributed by atoms with van der Waals surface area (Å²) in [4.78, 5) is 16.6. The molecule has 1 N–H and O–H groups in total. The zero-order valence-electron chi connectivity index (χ0n) is 20.5. The molecule has 2 aromatic carbocycles.